The summed E-state index contributed by atoms with van der Waals surface area (Å²) in [6.45, 7) is 1.25. The Labute approximate surface area is 334 Å². The number of hydrogen-bond donors (Lipinski definition) is 4. The summed E-state index contributed by atoms with van der Waals surface area (Å²) in [5, 5.41) is 43.4. The van der Waals surface area contributed by atoms with Gasteiger partial charge in [-0.25, -0.2) is 4.79 Å². The first-order valence-electron chi connectivity index (χ1n) is 18.9. The average molecular weight is 821 g/mol. The molecule has 1 aliphatic carbocycles. The van der Waals surface area contributed by atoms with Gasteiger partial charge in [0.2, 0.25) is 5.91 Å². The molecular weight excluding hydrogens is 769 g/mol. The van der Waals surface area contributed by atoms with Crippen LogP contribution in [0.1, 0.15) is 75.0 Å². The number of aliphatic hydroxyl groups is 3. The molecule has 6 atom stereocenters. The molecule has 3 rings (SSSR count). The fourth-order valence-electron chi connectivity index (χ4n) is 6.22. The predicted octanol–water partition coefficient (Wildman–Crippen LogP) is 5.69. The molecule has 2 aromatic rings. The van der Waals surface area contributed by atoms with E-state index in [1.54, 1.807) is 36.4 Å². The molecule has 0 radical (unpaired) electrons. The highest BCUT2D eigenvalue weighted by molar-refractivity contribution is 5.85. The first-order valence-corrected chi connectivity index (χ1v) is 18.9. The van der Waals surface area contributed by atoms with E-state index in [-0.39, 0.29) is 75.1 Å². The Morgan fingerprint density at radius 3 is 2.53 bits per heavy atom. The van der Waals surface area contributed by atoms with Crippen molar-refractivity contribution in [2.45, 2.75) is 95.2 Å². The Kier molecular flexibility index (Phi) is 19.4. The number of halogens is 3. The third-order valence-corrected chi connectivity index (χ3v) is 9.31. The molecule has 1 amide bonds. The number of carbonyl (C=O) groups excluding carboxylic acids is 3. The largest absolute Gasteiger partial charge is 0.493 e. The number of unbranched alkanes of at least 4 members (excludes halogenated alkanes) is 1. The second kappa shape index (κ2) is 23.8. The van der Waals surface area contributed by atoms with Crippen LogP contribution in [0.5, 0.6) is 11.5 Å². The number of aryl methyl sites for hydroxylation is 1. The van der Waals surface area contributed by atoms with E-state index in [0.717, 1.165) is 12.1 Å². The number of aliphatic hydroxyl groups excluding tert-OH is 3. The molecule has 0 bridgehead atoms. The van der Waals surface area contributed by atoms with Crippen molar-refractivity contribution in [3.63, 3.8) is 0 Å². The van der Waals surface area contributed by atoms with Gasteiger partial charge in [-0.1, -0.05) is 54.6 Å². The number of benzene rings is 2. The van der Waals surface area contributed by atoms with E-state index in [1.165, 1.54) is 32.2 Å². The monoisotopic (exact) mass is 820 g/mol. The lowest BCUT2D eigenvalue weighted by Crippen LogP contribution is -2.40. The van der Waals surface area contributed by atoms with Gasteiger partial charge in [0.1, 0.15) is 12.6 Å². The van der Waals surface area contributed by atoms with Crippen LogP contribution in [0.25, 0.3) is 6.08 Å². The van der Waals surface area contributed by atoms with Gasteiger partial charge in [-0.2, -0.15) is 13.2 Å². The summed E-state index contributed by atoms with van der Waals surface area (Å²) in [5.74, 6) is -1.99. The van der Waals surface area contributed by atoms with Crippen LogP contribution >= 0.6 is 0 Å². The third kappa shape index (κ3) is 16.7. The van der Waals surface area contributed by atoms with Crippen LogP contribution in [0.2, 0.25) is 0 Å². The highest BCUT2D eigenvalue weighted by Gasteiger charge is 2.39. The van der Waals surface area contributed by atoms with Crippen molar-refractivity contribution in [3.8, 4) is 11.5 Å². The van der Waals surface area contributed by atoms with Crippen molar-refractivity contribution < 1.29 is 67.0 Å². The zero-order valence-corrected chi connectivity index (χ0v) is 32.3. The molecule has 318 valence electrons. The maximum absolute atomic E-state index is 13.0. The summed E-state index contributed by atoms with van der Waals surface area (Å²) in [4.78, 5) is 51.2. The number of hydrogen-bond acceptors (Lipinski definition) is 12. The summed E-state index contributed by atoms with van der Waals surface area (Å²) >= 11 is 0. The van der Waals surface area contributed by atoms with E-state index in [2.05, 4.69) is 10.2 Å². The number of nitrogens with zero attached hydrogens (tertiary/aromatic N) is 1. The highest BCUT2D eigenvalue weighted by Crippen LogP contribution is 2.37. The fraction of sp³-hybridized carbons (Fsp3) is 0.488. The van der Waals surface area contributed by atoms with Gasteiger partial charge < -0.3 is 39.7 Å². The van der Waals surface area contributed by atoms with Crippen molar-refractivity contribution in [2.24, 2.45) is 11.8 Å². The summed E-state index contributed by atoms with van der Waals surface area (Å²) < 4.78 is 54.8. The lowest BCUT2D eigenvalue weighted by atomic mass is 9.89. The summed E-state index contributed by atoms with van der Waals surface area (Å²) in [5.41, 5.74) is 0.351. The van der Waals surface area contributed by atoms with E-state index >= 15 is 0 Å². The minimum atomic E-state index is -4.45. The van der Waals surface area contributed by atoms with Crippen LogP contribution in [0, 0.1) is 22.0 Å². The first-order chi connectivity index (χ1) is 27.6. The SMILES string of the molecule is COc1cc(/C=C/COC(=O)CCCO[N+](=O)[O-])ccc1OC(=O)C(C)NC(=O)CCC/C=C\C[C@@H]1[C@@H](/C=C/[C@@H](O)CCc2cccc(C(F)(F)F)c2)[C@H](O)C[C@@H]1O. The van der Waals surface area contributed by atoms with Gasteiger partial charge in [0.25, 0.3) is 5.09 Å². The van der Waals surface area contributed by atoms with Gasteiger partial charge >= 0.3 is 18.1 Å². The highest BCUT2D eigenvalue weighted by atomic mass is 19.4. The number of nitrogens with one attached hydrogen (secondary N) is 1. The van der Waals surface area contributed by atoms with E-state index in [0.29, 0.717) is 30.4 Å². The van der Waals surface area contributed by atoms with E-state index in [9.17, 15) is 53.0 Å². The summed E-state index contributed by atoms with van der Waals surface area (Å²) in [6, 6.07) is 8.74. The van der Waals surface area contributed by atoms with Crippen LogP contribution in [0.15, 0.2) is 72.8 Å². The lowest BCUT2D eigenvalue weighted by molar-refractivity contribution is -0.757. The number of allylic oxidation sites excluding steroid dienone is 2. The third-order valence-electron chi connectivity index (χ3n) is 9.31. The second-order valence-electron chi connectivity index (χ2n) is 13.8. The minimum Gasteiger partial charge on any atom is -0.493 e. The summed E-state index contributed by atoms with van der Waals surface area (Å²) in [6.07, 6.45) is 5.40. The fourth-order valence-corrected chi connectivity index (χ4v) is 6.22. The zero-order valence-electron chi connectivity index (χ0n) is 32.3. The van der Waals surface area contributed by atoms with Crippen LogP contribution in [-0.2, 0) is 36.6 Å². The Morgan fingerprint density at radius 1 is 1.03 bits per heavy atom. The smallest absolute Gasteiger partial charge is 0.416 e. The molecule has 0 aliphatic heterocycles. The quantitative estimate of drug-likeness (QED) is 0.0267. The maximum Gasteiger partial charge on any atom is 0.416 e. The van der Waals surface area contributed by atoms with Crippen molar-refractivity contribution in [2.75, 3.05) is 20.3 Å². The number of esters is 2. The van der Waals surface area contributed by atoms with Gasteiger partial charge in [-0.15, -0.1) is 10.1 Å². The number of ether oxygens (including phenoxy) is 3. The van der Waals surface area contributed by atoms with Gasteiger partial charge in [0, 0.05) is 25.2 Å². The van der Waals surface area contributed by atoms with Crippen LogP contribution < -0.4 is 14.8 Å². The molecular formula is C41H51F3N2O12. The minimum absolute atomic E-state index is 0.0358. The first kappa shape index (κ1) is 47.1. The number of methoxy groups -OCH3 is 1. The topological polar surface area (TPSA) is 204 Å². The second-order valence-corrected chi connectivity index (χ2v) is 13.8. The van der Waals surface area contributed by atoms with Crippen molar-refractivity contribution in [3.05, 3.63) is 99.6 Å². The molecule has 1 unspecified atom stereocenters. The average Bonchev–Trinajstić information content (AvgIpc) is 3.45. The van der Waals surface area contributed by atoms with Gasteiger partial charge in [0.15, 0.2) is 11.5 Å². The lowest BCUT2D eigenvalue weighted by Gasteiger charge is -2.19. The maximum atomic E-state index is 13.0. The Hall–Kier alpha value is -5.26. The standard InChI is InChI=1S/C41H51F3N2O12/c1-27(40(52)58-36-21-17-29(25-37(36)55-2)11-8-22-56-39(51)15-9-23-57-46(53)54)45-38(50)14-6-4-3-5-13-32-33(35(49)26-34(32)48)20-19-31(47)18-16-28-10-7-12-30(24-28)41(42,43)44/h3,5,7-8,10-12,17,19-21,24-25,27,31-35,47-49H,4,6,9,13-16,18,22-23,26H2,1-2H3,(H,45,50)/b5-3-,11-8+,20-19+/t27?,31-,32+,33+,34-,35+/m0/s1. The molecule has 0 heterocycles. The molecule has 14 nitrogen and oxygen atoms in total. The molecule has 17 heteroatoms. The zero-order chi connectivity index (χ0) is 42.7. The number of alkyl halides is 3. The molecule has 4 N–H and O–H groups in total. The van der Waals surface area contributed by atoms with Gasteiger partial charge in [0.05, 0.1) is 37.6 Å². The number of carbonyl (C=O) groups is 3. The molecule has 2 aromatic carbocycles. The number of rotatable bonds is 23. The normalized spacial score (nSPS) is 19.3. The van der Waals surface area contributed by atoms with Crippen molar-refractivity contribution in [1.29, 1.82) is 0 Å². The van der Waals surface area contributed by atoms with Crippen LogP contribution in [-0.4, -0.2) is 82.9 Å². The molecule has 58 heavy (non-hydrogen) atoms. The van der Waals surface area contributed by atoms with Crippen molar-refractivity contribution in [1.82, 2.24) is 5.32 Å². The molecule has 1 aliphatic rings. The molecule has 0 aromatic heterocycles. The predicted molar refractivity (Wildman–Crippen MR) is 205 cm³/mol. The molecule has 1 fully saturated rings. The molecule has 0 saturated heterocycles. The molecule has 1 saturated carbocycles. The van der Waals surface area contributed by atoms with E-state index < -0.39 is 59.0 Å². The Bertz CT molecular complexity index is 1750. The van der Waals surface area contributed by atoms with Crippen molar-refractivity contribution >= 4 is 23.9 Å². The van der Waals surface area contributed by atoms with E-state index in [1.807, 2.05) is 12.2 Å². The molecule has 0 spiro atoms. The van der Waals surface area contributed by atoms with Crippen LogP contribution in [0.4, 0.5) is 13.2 Å². The van der Waals surface area contributed by atoms with E-state index in [4.69, 9.17) is 14.2 Å². The van der Waals surface area contributed by atoms with Gasteiger partial charge in [-0.3, -0.25) is 9.59 Å². The Morgan fingerprint density at radius 2 is 1.81 bits per heavy atom. The van der Waals surface area contributed by atoms with Crippen LogP contribution in [0.3, 0.4) is 0 Å². The summed E-state index contributed by atoms with van der Waals surface area (Å²) in [7, 11) is 1.39. The number of amides is 1. The van der Waals surface area contributed by atoms with Gasteiger partial charge in [-0.05, 0) is 86.8 Å². The Balaban J connectivity index is 1.37.